The van der Waals surface area contributed by atoms with Crippen molar-refractivity contribution in [3.63, 3.8) is 0 Å². The molecule has 2 rings (SSSR count). The minimum absolute atomic E-state index is 0.157. The van der Waals surface area contributed by atoms with Crippen molar-refractivity contribution < 1.29 is 14.3 Å². The van der Waals surface area contributed by atoms with Gasteiger partial charge in [-0.3, -0.25) is 4.79 Å². The molecule has 0 aromatic carbocycles. The van der Waals surface area contributed by atoms with Gasteiger partial charge in [-0.25, -0.2) is 4.98 Å². The number of nitrogens with zero attached hydrogens (tertiary/aromatic N) is 1. The van der Waals surface area contributed by atoms with Crippen molar-refractivity contribution in [1.82, 2.24) is 10.3 Å². The van der Waals surface area contributed by atoms with Crippen LogP contribution in [0.3, 0.4) is 0 Å². The van der Waals surface area contributed by atoms with Crippen LogP contribution in [0.1, 0.15) is 23.2 Å². The zero-order valence-electron chi connectivity index (χ0n) is 10.1. The Bertz CT molecular complexity index is 433. The zero-order valence-corrected chi connectivity index (χ0v) is 10.9. The summed E-state index contributed by atoms with van der Waals surface area (Å²) in [6, 6.07) is 3.25. The van der Waals surface area contributed by atoms with Crippen LogP contribution in [0, 0.1) is 0 Å². The zero-order chi connectivity index (χ0) is 13.0. The lowest BCUT2D eigenvalue weighted by molar-refractivity contribution is 0.0696. The highest BCUT2D eigenvalue weighted by Crippen LogP contribution is 2.16. The van der Waals surface area contributed by atoms with E-state index < -0.39 is 0 Å². The van der Waals surface area contributed by atoms with Crippen molar-refractivity contribution in [3.8, 4) is 5.88 Å². The smallest absolute Gasteiger partial charge is 0.251 e. The van der Waals surface area contributed by atoms with Crippen LogP contribution in [0.5, 0.6) is 5.88 Å². The molecule has 1 aliphatic rings. The van der Waals surface area contributed by atoms with Gasteiger partial charge < -0.3 is 14.8 Å². The summed E-state index contributed by atoms with van der Waals surface area (Å²) < 4.78 is 10.2. The fourth-order valence-electron chi connectivity index (χ4n) is 1.82. The maximum absolute atomic E-state index is 12.0. The summed E-state index contributed by atoms with van der Waals surface area (Å²) in [7, 11) is 1.48. The highest BCUT2D eigenvalue weighted by molar-refractivity contribution is 6.29. The molecule has 0 saturated carbocycles. The molecule has 2 heterocycles. The van der Waals surface area contributed by atoms with E-state index in [0.29, 0.717) is 24.7 Å². The Hall–Kier alpha value is -1.33. The van der Waals surface area contributed by atoms with Crippen LogP contribution in [0.2, 0.25) is 5.15 Å². The number of carbonyl (C=O) groups is 1. The number of aromatic nitrogens is 1. The molecular weight excluding hydrogens is 256 g/mol. The summed E-state index contributed by atoms with van der Waals surface area (Å²) in [4.78, 5) is 16.0. The third-order valence-electron chi connectivity index (χ3n) is 2.80. The van der Waals surface area contributed by atoms with Crippen molar-refractivity contribution in [3.05, 3.63) is 22.8 Å². The summed E-state index contributed by atoms with van der Waals surface area (Å²) in [6.07, 6.45) is 1.67. The van der Waals surface area contributed by atoms with Gasteiger partial charge in [0.2, 0.25) is 5.88 Å². The normalized spacial score (nSPS) is 16.3. The fraction of sp³-hybridized carbons (Fsp3) is 0.500. The molecule has 1 aliphatic heterocycles. The number of amides is 1. The van der Waals surface area contributed by atoms with Crippen LogP contribution in [0.15, 0.2) is 12.1 Å². The van der Waals surface area contributed by atoms with Gasteiger partial charge in [-0.2, -0.15) is 0 Å². The van der Waals surface area contributed by atoms with Gasteiger partial charge >= 0.3 is 0 Å². The van der Waals surface area contributed by atoms with E-state index in [1.54, 1.807) is 6.07 Å². The molecule has 0 unspecified atom stereocenters. The van der Waals surface area contributed by atoms with Gasteiger partial charge in [0.1, 0.15) is 5.15 Å². The van der Waals surface area contributed by atoms with Gasteiger partial charge in [0, 0.05) is 30.9 Å². The molecule has 0 atom stereocenters. The fourth-order valence-corrected chi connectivity index (χ4v) is 2.02. The number of ether oxygens (including phenoxy) is 2. The average molecular weight is 271 g/mol. The highest BCUT2D eigenvalue weighted by atomic mass is 35.5. The molecule has 1 aromatic rings. The molecule has 1 saturated heterocycles. The number of hydrogen-bond acceptors (Lipinski definition) is 4. The molecule has 5 nitrogen and oxygen atoms in total. The van der Waals surface area contributed by atoms with Crippen molar-refractivity contribution >= 4 is 17.5 Å². The van der Waals surface area contributed by atoms with E-state index in [-0.39, 0.29) is 17.1 Å². The number of hydrogen-bond donors (Lipinski definition) is 1. The molecule has 1 amide bonds. The minimum atomic E-state index is -0.162. The van der Waals surface area contributed by atoms with Crippen molar-refractivity contribution in [2.75, 3.05) is 20.3 Å². The number of pyridine rings is 1. The Kier molecular flexibility index (Phi) is 4.38. The molecule has 1 aromatic heterocycles. The lowest BCUT2D eigenvalue weighted by Gasteiger charge is -2.23. The van der Waals surface area contributed by atoms with Crippen LogP contribution in [-0.4, -0.2) is 37.3 Å². The number of halogens is 1. The largest absolute Gasteiger partial charge is 0.481 e. The minimum Gasteiger partial charge on any atom is -0.481 e. The molecule has 0 bridgehead atoms. The first-order chi connectivity index (χ1) is 8.69. The van der Waals surface area contributed by atoms with Crippen LogP contribution < -0.4 is 10.1 Å². The first kappa shape index (κ1) is 13.1. The second kappa shape index (κ2) is 6.02. The van der Waals surface area contributed by atoms with Gasteiger partial charge in [-0.1, -0.05) is 11.6 Å². The number of rotatable bonds is 3. The topological polar surface area (TPSA) is 60.5 Å². The standard InChI is InChI=1S/C12H15ClN2O3/c1-17-11-7-8(6-10(13)15-11)12(16)14-9-2-4-18-5-3-9/h6-7,9H,2-5H2,1H3,(H,14,16). The molecule has 18 heavy (non-hydrogen) atoms. The van der Waals surface area contributed by atoms with E-state index >= 15 is 0 Å². The molecule has 0 aliphatic carbocycles. The summed E-state index contributed by atoms with van der Waals surface area (Å²) >= 11 is 5.82. The Morgan fingerprint density at radius 1 is 1.50 bits per heavy atom. The maximum atomic E-state index is 12.0. The SMILES string of the molecule is COc1cc(C(=O)NC2CCOCC2)cc(Cl)n1. The van der Waals surface area contributed by atoms with Crippen LogP contribution in [0.25, 0.3) is 0 Å². The molecule has 98 valence electrons. The van der Waals surface area contributed by atoms with Crippen LogP contribution in [-0.2, 0) is 4.74 Å². The molecule has 0 spiro atoms. The average Bonchev–Trinajstić information content (AvgIpc) is 2.39. The van der Waals surface area contributed by atoms with Gasteiger partial charge in [-0.05, 0) is 18.9 Å². The Labute approximate surface area is 110 Å². The second-order valence-corrected chi connectivity index (χ2v) is 4.47. The van der Waals surface area contributed by atoms with E-state index in [1.807, 2.05) is 0 Å². The first-order valence-corrected chi connectivity index (χ1v) is 6.17. The van der Waals surface area contributed by atoms with Gasteiger partial charge in [-0.15, -0.1) is 0 Å². The van der Waals surface area contributed by atoms with E-state index in [9.17, 15) is 4.79 Å². The highest BCUT2D eigenvalue weighted by Gasteiger charge is 2.17. The summed E-state index contributed by atoms with van der Waals surface area (Å²) in [5.41, 5.74) is 0.457. The van der Waals surface area contributed by atoms with Gasteiger partial charge in [0.05, 0.1) is 7.11 Å². The van der Waals surface area contributed by atoms with Gasteiger partial charge in [0.15, 0.2) is 0 Å². The number of methoxy groups -OCH3 is 1. The molecule has 0 radical (unpaired) electrons. The second-order valence-electron chi connectivity index (χ2n) is 4.08. The third-order valence-corrected chi connectivity index (χ3v) is 2.99. The summed E-state index contributed by atoms with van der Waals surface area (Å²) in [5, 5.41) is 3.19. The Morgan fingerprint density at radius 3 is 2.89 bits per heavy atom. The maximum Gasteiger partial charge on any atom is 0.251 e. The molecule has 6 heteroatoms. The molecular formula is C12H15ClN2O3. The molecule has 1 fully saturated rings. The lowest BCUT2D eigenvalue weighted by atomic mass is 10.1. The number of nitrogens with one attached hydrogen (secondary N) is 1. The lowest BCUT2D eigenvalue weighted by Crippen LogP contribution is -2.38. The van der Waals surface area contributed by atoms with Crippen LogP contribution in [0.4, 0.5) is 0 Å². The van der Waals surface area contributed by atoms with E-state index in [0.717, 1.165) is 12.8 Å². The predicted octanol–water partition coefficient (Wildman–Crippen LogP) is 1.65. The predicted molar refractivity (Wildman–Crippen MR) is 67.1 cm³/mol. The third kappa shape index (κ3) is 3.34. The van der Waals surface area contributed by atoms with E-state index in [2.05, 4.69) is 10.3 Å². The first-order valence-electron chi connectivity index (χ1n) is 5.79. The summed E-state index contributed by atoms with van der Waals surface area (Å²) in [5.74, 6) is 0.170. The van der Waals surface area contributed by atoms with Gasteiger partial charge in [0.25, 0.3) is 5.91 Å². The van der Waals surface area contributed by atoms with E-state index in [4.69, 9.17) is 21.1 Å². The van der Waals surface area contributed by atoms with E-state index in [1.165, 1.54) is 13.2 Å². The van der Waals surface area contributed by atoms with Crippen molar-refractivity contribution in [2.24, 2.45) is 0 Å². The summed E-state index contributed by atoms with van der Waals surface area (Å²) in [6.45, 7) is 1.37. The van der Waals surface area contributed by atoms with Crippen LogP contribution >= 0.6 is 11.6 Å². The monoisotopic (exact) mass is 270 g/mol. The molecule has 1 N–H and O–H groups in total. The number of carbonyl (C=O) groups excluding carboxylic acids is 1. The van der Waals surface area contributed by atoms with Crippen molar-refractivity contribution in [2.45, 2.75) is 18.9 Å². The quantitative estimate of drug-likeness (QED) is 0.849. The Balaban J connectivity index is 2.05. The Morgan fingerprint density at radius 2 is 2.22 bits per heavy atom. The van der Waals surface area contributed by atoms with Crippen molar-refractivity contribution in [1.29, 1.82) is 0 Å².